The molecule has 1 aliphatic heterocycles. The lowest BCUT2D eigenvalue weighted by Gasteiger charge is -2.30. The van der Waals surface area contributed by atoms with E-state index in [0.29, 0.717) is 10.8 Å². The van der Waals surface area contributed by atoms with Crippen LogP contribution in [0.5, 0.6) is 0 Å². The normalized spacial score (nSPS) is 16.9. The van der Waals surface area contributed by atoms with Crippen LogP contribution in [-0.4, -0.2) is 27.9 Å². The molecule has 3 rings (SSSR count). The van der Waals surface area contributed by atoms with Crippen LogP contribution in [0.4, 0.5) is 13.2 Å². The highest BCUT2D eigenvalue weighted by molar-refractivity contribution is 7.99. The Balaban J connectivity index is 0.00000210. The summed E-state index contributed by atoms with van der Waals surface area (Å²) >= 11 is 1.29. The zero-order chi connectivity index (χ0) is 26.3. The van der Waals surface area contributed by atoms with Crippen LogP contribution >= 0.6 is 11.8 Å². The number of hydrogen-bond donors (Lipinski definition) is 1. The molecule has 0 saturated carbocycles. The van der Waals surface area contributed by atoms with Crippen molar-refractivity contribution in [2.24, 2.45) is 5.92 Å². The van der Waals surface area contributed by atoms with Crippen LogP contribution < -0.4 is 0 Å². The summed E-state index contributed by atoms with van der Waals surface area (Å²) < 4.78 is 43.8. The number of benzene rings is 1. The van der Waals surface area contributed by atoms with Crippen molar-refractivity contribution in [3.63, 3.8) is 0 Å². The first-order chi connectivity index (χ1) is 16.5. The Kier molecular flexibility index (Phi) is 10.2. The van der Waals surface area contributed by atoms with E-state index in [1.807, 2.05) is 53.7 Å². The zero-order valence-electron chi connectivity index (χ0n) is 21.1. The van der Waals surface area contributed by atoms with E-state index in [1.54, 1.807) is 0 Å². The molecule has 1 aromatic carbocycles. The van der Waals surface area contributed by atoms with E-state index in [0.717, 1.165) is 47.4 Å². The third-order valence-corrected chi connectivity index (χ3v) is 7.03. The van der Waals surface area contributed by atoms with Gasteiger partial charge in [0.25, 0.3) is 0 Å². The molecule has 0 bridgehead atoms. The summed E-state index contributed by atoms with van der Waals surface area (Å²) in [5, 5.41) is 11.3. The summed E-state index contributed by atoms with van der Waals surface area (Å²) in [6.45, 7) is 11.9. The fraction of sp³-hybridized carbons (Fsp3) is 0.481. The second-order valence-electron chi connectivity index (χ2n) is 8.31. The number of carbonyl (C=O) groups excluding carboxylic acids is 1. The first-order valence-electron chi connectivity index (χ1n) is 12.0. The van der Waals surface area contributed by atoms with Crippen LogP contribution in [0.3, 0.4) is 0 Å². The number of pyridine rings is 1. The summed E-state index contributed by atoms with van der Waals surface area (Å²) in [5.41, 5.74) is 3.32. The number of esters is 1. The van der Waals surface area contributed by atoms with Gasteiger partial charge in [-0.1, -0.05) is 52.3 Å². The summed E-state index contributed by atoms with van der Waals surface area (Å²) in [6.07, 6.45) is -2.48. The Labute approximate surface area is 210 Å². The fourth-order valence-electron chi connectivity index (χ4n) is 3.99. The number of nitrogens with zero attached hydrogens (tertiary/aromatic N) is 1. The molecule has 2 atom stereocenters. The topological polar surface area (TPSA) is 59.4 Å². The van der Waals surface area contributed by atoms with Crippen LogP contribution in [0, 0.1) is 12.8 Å². The Morgan fingerprint density at radius 3 is 2.23 bits per heavy atom. The number of cyclic esters (lactones) is 1. The quantitative estimate of drug-likeness (QED) is 0.308. The van der Waals surface area contributed by atoms with Crippen LogP contribution in [0.2, 0.25) is 0 Å². The maximum absolute atomic E-state index is 13.0. The monoisotopic (exact) mass is 509 g/mol. The lowest BCUT2D eigenvalue weighted by molar-refractivity contribution is -0.145. The number of aliphatic hydroxyl groups excluding tert-OH is 1. The number of rotatable bonds is 7. The highest BCUT2D eigenvalue weighted by Gasteiger charge is 2.35. The molecule has 2 unspecified atom stereocenters. The van der Waals surface area contributed by atoms with Crippen LogP contribution in [-0.2, 0) is 28.5 Å². The molecule has 35 heavy (non-hydrogen) atoms. The number of aliphatic hydroxyl groups is 1. The average Bonchev–Trinajstić information content (AvgIpc) is 2.83. The summed E-state index contributed by atoms with van der Waals surface area (Å²) in [5.74, 6) is -0.180. The molecule has 1 aliphatic rings. The van der Waals surface area contributed by atoms with E-state index in [4.69, 9.17) is 4.74 Å². The predicted octanol–water partition coefficient (Wildman–Crippen LogP) is 7.57. The number of carbonyl (C=O) groups is 1. The van der Waals surface area contributed by atoms with Crippen molar-refractivity contribution in [3.8, 4) is 0 Å². The van der Waals surface area contributed by atoms with Gasteiger partial charge in [0.1, 0.15) is 17.4 Å². The van der Waals surface area contributed by atoms with Gasteiger partial charge < -0.3 is 9.84 Å². The smallest absolute Gasteiger partial charge is 0.417 e. The maximum atomic E-state index is 13.0. The predicted molar refractivity (Wildman–Crippen MR) is 134 cm³/mol. The van der Waals surface area contributed by atoms with Crippen molar-refractivity contribution >= 4 is 23.3 Å². The first-order valence-corrected chi connectivity index (χ1v) is 13.0. The third kappa shape index (κ3) is 7.03. The number of thioether (sulfide) groups is 1. The highest BCUT2D eigenvalue weighted by atomic mass is 32.2. The summed E-state index contributed by atoms with van der Waals surface area (Å²) in [7, 11) is 0. The van der Waals surface area contributed by atoms with Gasteiger partial charge in [-0.3, -0.25) is 0 Å². The van der Waals surface area contributed by atoms with Crippen molar-refractivity contribution in [1.29, 1.82) is 0 Å². The van der Waals surface area contributed by atoms with Gasteiger partial charge in [-0.2, -0.15) is 13.2 Å². The molecule has 1 aromatic heterocycles. The summed E-state index contributed by atoms with van der Waals surface area (Å²) in [4.78, 5) is 16.8. The molecule has 0 radical (unpaired) electrons. The van der Waals surface area contributed by atoms with E-state index in [1.165, 1.54) is 17.8 Å². The fourth-order valence-corrected chi connectivity index (χ4v) is 4.93. The van der Waals surface area contributed by atoms with Gasteiger partial charge in [0, 0.05) is 24.3 Å². The van der Waals surface area contributed by atoms with Gasteiger partial charge in [-0.15, -0.1) is 11.8 Å². The second kappa shape index (κ2) is 12.5. The number of aromatic nitrogens is 1. The Bertz CT molecular complexity index is 1020. The Morgan fingerprint density at radius 2 is 1.77 bits per heavy atom. The minimum atomic E-state index is -4.42. The van der Waals surface area contributed by atoms with Crippen molar-refractivity contribution in [1.82, 2.24) is 4.98 Å². The zero-order valence-corrected chi connectivity index (χ0v) is 21.9. The molecular formula is C27H34F3NO3S. The Hall–Kier alpha value is -2.48. The van der Waals surface area contributed by atoms with Gasteiger partial charge >= 0.3 is 12.1 Å². The number of hydrogen-bond acceptors (Lipinski definition) is 5. The van der Waals surface area contributed by atoms with E-state index in [2.05, 4.69) is 4.98 Å². The van der Waals surface area contributed by atoms with E-state index < -0.39 is 23.8 Å². The second-order valence-corrected chi connectivity index (χ2v) is 9.35. The van der Waals surface area contributed by atoms with Crippen LogP contribution in [0.15, 0.2) is 41.2 Å². The molecule has 8 heteroatoms. The number of ether oxygens (including phenoxy) is 1. The van der Waals surface area contributed by atoms with E-state index in [-0.39, 0.29) is 23.7 Å². The van der Waals surface area contributed by atoms with Gasteiger partial charge in [-0.25, -0.2) is 9.78 Å². The average molecular weight is 510 g/mol. The number of alkyl halides is 3. The standard InChI is InChI=1S/C25H28F3NO3S.C2H6/c1-5-16-9-14(3)10-17(6-2)22(16)23-19(30)11-20(32-24(23)31)15(4)13-33-21-8-7-18(12-29-21)25(26,27)28;1-2/h7-10,12,15,20,30H,5-6,11,13H2,1-4H3;1-2H3. The SMILES string of the molecule is CC.CCc1cc(C)cc(CC)c1C1=C(O)CC(C(C)CSc2ccc(C(F)(F)F)cn2)OC1=O. The largest absolute Gasteiger partial charge is 0.511 e. The Morgan fingerprint density at radius 1 is 1.17 bits per heavy atom. The molecule has 0 aliphatic carbocycles. The van der Waals surface area contributed by atoms with Gasteiger partial charge in [0.2, 0.25) is 0 Å². The minimum Gasteiger partial charge on any atom is -0.511 e. The van der Waals surface area contributed by atoms with Crippen molar-refractivity contribution in [2.45, 2.75) is 78.1 Å². The van der Waals surface area contributed by atoms with Gasteiger partial charge in [0.15, 0.2) is 0 Å². The molecule has 4 nitrogen and oxygen atoms in total. The van der Waals surface area contributed by atoms with E-state index in [9.17, 15) is 23.1 Å². The minimum absolute atomic E-state index is 0.0222. The summed E-state index contributed by atoms with van der Waals surface area (Å²) in [6, 6.07) is 6.40. The molecular weight excluding hydrogens is 475 g/mol. The van der Waals surface area contributed by atoms with Crippen molar-refractivity contribution in [3.05, 3.63) is 64.0 Å². The maximum Gasteiger partial charge on any atom is 0.417 e. The molecule has 1 N–H and O–H groups in total. The lowest BCUT2D eigenvalue weighted by atomic mass is 9.86. The highest BCUT2D eigenvalue weighted by Crippen LogP contribution is 2.36. The van der Waals surface area contributed by atoms with Crippen molar-refractivity contribution in [2.75, 3.05) is 5.75 Å². The molecule has 2 heterocycles. The van der Waals surface area contributed by atoms with Crippen LogP contribution in [0.1, 0.15) is 68.9 Å². The molecule has 0 amide bonds. The number of halogens is 3. The third-order valence-electron chi connectivity index (χ3n) is 5.80. The van der Waals surface area contributed by atoms with Gasteiger partial charge in [-0.05, 0) is 48.6 Å². The van der Waals surface area contributed by atoms with E-state index >= 15 is 0 Å². The number of aryl methyl sites for hydroxylation is 3. The van der Waals surface area contributed by atoms with Crippen LogP contribution in [0.25, 0.3) is 5.57 Å². The molecule has 0 spiro atoms. The lowest BCUT2D eigenvalue weighted by Crippen LogP contribution is -2.32. The first kappa shape index (κ1) is 28.8. The van der Waals surface area contributed by atoms with Gasteiger partial charge in [0.05, 0.1) is 10.6 Å². The molecule has 192 valence electrons. The van der Waals surface area contributed by atoms with Crippen molar-refractivity contribution < 1.29 is 27.8 Å². The molecule has 2 aromatic rings. The molecule has 0 saturated heterocycles. The molecule has 0 fully saturated rings.